The molecule has 2 aliphatic heterocycles. The molecule has 3 heterocycles. The molecule has 1 unspecified atom stereocenters. The van der Waals surface area contributed by atoms with Crippen molar-refractivity contribution in [2.24, 2.45) is 11.4 Å². The third kappa shape index (κ3) is 6.11. The summed E-state index contributed by atoms with van der Waals surface area (Å²) >= 11 is 3.90. The molecule has 3 aromatic carbocycles. The highest BCUT2D eigenvalue weighted by atomic mass is 32.2. The van der Waals surface area contributed by atoms with Gasteiger partial charge in [-0.25, -0.2) is 13.9 Å². The zero-order chi connectivity index (χ0) is 30.6. The van der Waals surface area contributed by atoms with Crippen molar-refractivity contribution in [1.82, 2.24) is 25.1 Å². The molecule has 1 saturated heterocycles. The van der Waals surface area contributed by atoms with Crippen molar-refractivity contribution in [1.29, 1.82) is 0 Å². The minimum absolute atomic E-state index is 0.0316. The van der Waals surface area contributed by atoms with Gasteiger partial charge in [-0.2, -0.15) is 0 Å². The van der Waals surface area contributed by atoms with E-state index in [1.807, 2.05) is 60.7 Å². The van der Waals surface area contributed by atoms with E-state index < -0.39 is 28.3 Å². The summed E-state index contributed by atoms with van der Waals surface area (Å²) in [6.07, 6.45) is -0.690. The van der Waals surface area contributed by atoms with E-state index in [-0.39, 0.29) is 11.4 Å². The number of amides is 1. The molecule has 222 valence electrons. The van der Waals surface area contributed by atoms with Crippen LogP contribution in [0.25, 0.3) is 0 Å². The second-order valence-electron chi connectivity index (χ2n) is 9.59. The number of hydrogen-bond acceptors (Lipinski definition) is 12. The fourth-order valence-corrected chi connectivity index (χ4v) is 7.55. The van der Waals surface area contributed by atoms with Gasteiger partial charge in [0.15, 0.2) is 6.10 Å². The Morgan fingerprint density at radius 3 is 2.34 bits per heavy atom. The number of tetrazole rings is 1. The number of carbonyl (C=O) groups excluding carboxylic acids is 2. The number of aromatic nitrogens is 4. The minimum atomic E-state index is -0.690. The zero-order valence-corrected chi connectivity index (χ0v) is 25.5. The molecule has 1 fully saturated rings. The minimum Gasteiger partial charge on any atom is -0.448 e. The van der Waals surface area contributed by atoms with Crippen LogP contribution in [0.15, 0.2) is 111 Å². The molecule has 0 N–H and O–H groups in total. The molecule has 15 heteroatoms. The molecule has 0 aliphatic carbocycles. The first-order valence-corrected chi connectivity index (χ1v) is 16.0. The van der Waals surface area contributed by atoms with Crippen LogP contribution in [-0.4, -0.2) is 64.5 Å². The first kappa shape index (κ1) is 29.6. The highest BCUT2D eigenvalue weighted by Crippen LogP contribution is 2.42. The number of fused-ring (bicyclic) bond motifs is 1. The van der Waals surface area contributed by atoms with E-state index in [9.17, 15) is 19.7 Å². The van der Waals surface area contributed by atoms with Crippen LogP contribution in [-0.2, 0) is 21.4 Å². The summed E-state index contributed by atoms with van der Waals surface area (Å²) in [6, 6.07) is 24.8. The highest BCUT2D eigenvalue weighted by molar-refractivity contribution is 8.02. The Bertz CT molecular complexity index is 1730. The molecule has 4 aromatic rings. The first-order chi connectivity index (χ1) is 21.4. The molecule has 6 rings (SSSR count). The van der Waals surface area contributed by atoms with Crippen LogP contribution in [0.2, 0.25) is 0 Å². The Morgan fingerprint density at radius 1 is 1.09 bits per heavy atom. The molecule has 0 spiro atoms. The number of carbonyl (C=O) groups is 2. The maximum Gasteiger partial charge on any atom is 0.356 e. The maximum atomic E-state index is 14.1. The van der Waals surface area contributed by atoms with Crippen molar-refractivity contribution in [3.8, 4) is 0 Å². The topological polar surface area (TPSA) is 146 Å². The zero-order valence-electron chi connectivity index (χ0n) is 23.0. The molecular formula is C29H23N7O5S3. The number of benzene rings is 3. The Balaban J connectivity index is 1.29. The van der Waals surface area contributed by atoms with E-state index in [0.717, 1.165) is 28.6 Å². The lowest BCUT2D eigenvalue weighted by Gasteiger charge is -2.45. The fourth-order valence-electron chi connectivity index (χ4n) is 4.59. The van der Waals surface area contributed by atoms with Crippen LogP contribution in [0.1, 0.15) is 17.2 Å². The molecule has 1 amide bonds. The quantitative estimate of drug-likeness (QED) is 0.0582. The average molecular weight is 646 g/mol. The summed E-state index contributed by atoms with van der Waals surface area (Å²) in [5.74, 6) is -0.190. The molecule has 1 aromatic heterocycles. The number of β-lactam (4-membered cyclic amide) rings is 1. The summed E-state index contributed by atoms with van der Waals surface area (Å²) in [5, 5.41) is 22.6. The maximum absolute atomic E-state index is 14.1. The SMILES string of the molecule is Cn1nnnc1SCC1=C(C(=O)OC(c2ccccc2)c2ccccc2)N2C(=O)/C(=N\Sc3ccc([N+](=O)[O-])cc3)C2SC1. The van der Waals surface area contributed by atoms with E-state index in [1.165, 1.54) is 45.2 Å². The molecule has 2 aliphatic rings. The molecule has 44 heavy (non-hydrogen) atoms. The molecule has 12 nitrogen and oxygen atoms in total. The van der Waals surface area contributed by atoms with Gasteiger partial charge in [-0.15, -0.1) is 16.9 Å². The Labute approximate surface area is 264 Å². The number of aryl methyl sites for hydroxylation is 1. The molecule has 0 bridgehead atoms. The first-order valence-electron chi connectivity index (χ1n) is 13.2. The summed E-state index contributed by atoms with van der Waals surface area (Å²) in [6.45, 7) is 0. The Morgan fingerprint density at radius 2 is 1.75 bits per heavy atom. The van der Waals surface area contributed by atoms with Gasteiger partial charge in [0.25, 0.3) is 11.6 Å². The van der Waals surface area contributed by atoms with Crippen LogP contribution in [0.4, 0.5) is 5.69 Å². The van der Waals surface area contributed by atoms with Crippen LogP contribution in [0.3, 0.4) is 0 Å². The van der Waals surface area contributed by atoms with Crippen molar-refractivity contribution >= 4 is 58.7 Å². The number of hydrogen-bond donors (Lipinski definition) is 0. The third-order valence-electron chi connectivity index (χ3n) is 6.77. The lowest BCUT2D eigenvalue weighted by molar-refractivity contribution is -0.384. The number of esters is 1. The average Bonchev–Trinajstić information content (AvgIpc) is 3.47. The molecule has 0 radical (unpaired) electrons. The van der Waals surface area contributed by atoms with Gasteiger partial charge in [-0.1, -0.05) is 72.4 Å². The molecular weight excluding hydrogens is 623 g/mol. The van der Waals surface area contributed by atoms with E-state index in [4.69, 9.17) is 4.74 Å². The number of nitro benzene ring substituents is 1. The number of nitrogens with zero attached hydrogens (tertiary/aromatic N) is 7. The van der Waals surface area contributed by atoms with Gasteiger partial charge in [0.1, 0.15) is 16.8 Å². The Kier molecular flexibility index (Phi) is 8.77. The van der Waals surface area contributed by atoms with E-state index >= 15 is 0 Å². The second-order valence-corrected chi connectivity index (χ2v) is 12.4. The summed E-state index contributed by atoms with van der Waals surface area (Å²) < 4.78 is 12.2. The number of thioether (sulfide) groups is 2. The molecule has 0 saturated carbocycles. The van der Waals surface area contributed by atoms with E-state index in [0.29, 0.717) is 27.3 Å². The van der Waals surface area contributed by atoms with E-state index in [2.05, 4.69) is 19.9 Å². The van der Waals surface area contributed by atoms with Crippen molar-refractivity contribution in [2.45, 2.75) is 21.5 Å². The van der Waals surface area contributed by atoms with Crippen molar-refractivity contribution < 1.29 is 19.2 Å². The largest absolute Gasteiger partial charge is 0.448 e. The Hall–Kier alpha value is -4.47. The number of non-ortho nitro benzene ring substituents is 1. The fraction of sp³-hybridized carbons (Fsp3) is 0.172. The normalized spacial score (nSPS) is 17.0. The highest BCUT2D eigenvalue weighted by Gasteiger charge is 2.52. The predicted octanol–water partition coefficient (Wildman–Crippen LogP) is 4.86. The van der Waals surface area contributed by atoms with Crippen molar-refractivity contribution in [2.75, 3.05) is 11.5 Å². The van der Waals surface area contributed by atoms with Gasteiger partial charge in [0.2, 0.25) is 5.16 Å². The smallest absolute Gasteiger partial charge is 0.356 e. The monoisotopic (exact) mass is 645 g/mol. The standard InChI is InChI=1S/C29H23N7O5S3/c1-34-29(30-32-33-34)43-17-20-16-42-27-23(31-44-22-14-12-21(13-15-22)36(39)40)26(37)35(27)24(20)28(38)41-25(18-8-4-2-5-9-18)19-10-6-3-7-11-19/h2-15,25,27H,16-17H2,1H3/b31-23+. The van der Waals surface area contributed by atoms with Crippen LogP contribution >= 0.6 is 35.5 Å². The number of ether oxygens (including phenoxy) is 1. The summed E-state index contributed by atoms with van der Waals surface area (Å²) in [4.78, 5) is 40.2. The van der Waals surface area contributed by atoms with Gasteiger partial charge in [0.05, 0.1) is 4.92 Å². The second kappa shape index (κ2) is 13.0. The third-order valence-corrected chi connectivity index (χ3v) is 9.91. The van der Waals surface area contributed by atoms with Crippen LogP contribution < -0.4 is 0 Å². The number of rotatable bonds is 10. The van der Waals surface area contributed by atoms with Crippen LogP contribution in [0.5, 0.6) is 0 Å². The summed E-state index contributed by atoms with van der Waals surface area (Å²) in [7, 11) is 1.73. The molecule has 1 atom stereocenters. The lowest BCUT2D eigenvalue weighted by atomic mass is 10.0. The van der Waals surface area contributed by atoms with Crippen molar-refractivity contribution in [3.05, 3.63) is 117 Å². The number of nitro groups is 1. The van der Waals surface area contributed by atoms with Crippen molar-refractivity contribution in [3.63, 3.8) is 0 Å². The van der Waals surface area contributed by atoms with Crippen LogP contribution in [0, 0.1) is 10.1 Å². The predicted molar refractivity (Wildman–Crippen MR) is 167 cm³/mol. The van der Waals surface area contributed by atoms with Gasteiger partial charge in [-0.05, 0) is 39.3 Å². The lowest BCUT2D eigenvalue weighted by Crippen LogP contribution is -2.62. The van der Waals surface area contributed by atoms with Gasteiger partial charge in [-0.3, -0.25) is 19.8 Å². The van der Waals surface area contributed by atoms with Gasteiger partial charge < -0.3 is 4.74 Å². The van der Waals surface area contributed by atoms with E-state index in [1.54, 1.807) is 19.2 Å². The van der Waals surface area contributed by atoms with Gasteiger partial charge >= 0.3 is 5.97 Å². The summed E-state index contributed by atoms with van der Waals surface area (Å²) in [5.41, 5.74) is 2.78. The van der Waals surface area contributed by atoms with Gasteiger partial charge in [0, 0.05) is 47.5 Å².